The Kier molecular flexibility index (Phi) is 6.10. The number of rotatable bonds is 7. The summed E-state index contributed by atoms with van der Waals surface area (Å²) in [6, 6.07) is 6.39. The number of nitrogens with one attached hydrogen (secondary N) is 1. The Hall–Kier alpha value is -1.66. The molecular weight excluding hydrogens is 226 g/mol. The normalized spacial score (nSPS) is 11.7. The van der Waals surface area contributed by atoms with E-state index in [9.17, 15) is 0 Å². The molecule has 1 atom stereocenters. The lowest BCUT2D eigenvalue weighted by Crippen LogP contribution is -2.24. The van der Waals surface area contributed by atoms with Gasteiger partial charge in [-0.1, -0.05) is 18.9 Å². The van der Waals surface area contributed by atoms with E-state index in [0.29, 0.717) is 17.5 Å². The monoisotopic (exact) mass is 247 g/mol. The van der Waals surface area contributed by atoms with Crippen molar-refractivity contribution in [2.75, 3.05) is 13.7 Å². The second-order valence-corrected chi connectivity index (χ2v) is 4.17. The Bertz CT molecular complexity index is 409. The molecule has 1 N–H and O–H groups in total. The van der Waals surface area contributed by atoms with E-state index in [1.807, 2.05) is 18.2 Å². The van der Waals surface area contributed by atoms with E-state index < -0.39 is 0 Å². The van der Waals surface area contributed by atoms with E-state index in [1.165, 1.54) is 5.56 Å². The summed E-state index contributed by atoms with van der Waals surface area (Å²) in [4.78, 5) is 0. The van der Waals surface area contributed by atoms with E-state index in [0.717, 1.165) is 13.0 Å². The van der Waals surface area contributed by atoms with Crippen molar-refractivity contribution in [1.82, 2.24) is 5.32 Å². The van der Waals surface area contributed by atoms with Crippen LogP contribution < -0.4 is 14.8 Å². The van der Waals surface area contributed by atoms with Gasteiger partial charge in [0.25, 0.3) is 0 Å². The van der Waals surface area contributed by atoms with Gasteiger partial charge in [0.1, 0.15) is 6.61 Å². The molecule has 0 saturated heterocycles. The molecule has 3 nitrogen and oxygen atoms in total. The molecule has 0 aliphatic heterocycles. The molecule has 0 saturated carbocycles. The number of methoxy groups -OCH3 is 1. The van der Waals surface area contributed by atoms with Gasteiger partial charge in [-0.05, 0) is 31.0 Å². The molecule has 0 fully saturated rings. The number of terminal acetylenes is 1. The predicted molar refractivity (Wildman–Crippen MR) is 73.9 cm³/mol. The summed E-state index contributed by atoms with van der Waals surface area (Å²) in [6.45, 7) is 5.40. The van der Waals surface area contributed by atoms with Crippen LogP contribution in [-0.2, 0) is 6.54 Å². The van der Waals surface area contributed by atoms with Gasteiger partial charge in [-0.3, -0.25) is 0 Å². The van der Waals surface area contributed by atoms with Crippen molar-refractivity contribution in [2.24, 2.45) is 0 Å². The van der Waals surface area contributed by atoms with E-state index in [-0.39, 0.29) is 6.61 Å². The minimum atomic E-state index is 0.251. The van der Waals surface area contributed by atoms with E-state index in [1.54, 1.807) is 7.11 Å². The van der Waals surface area contributed by atoms with Crippen LogP contribution in [-0.4, -0.2) is 19.8 Å². The Morgan fingerprint density at radius 2 is 2.17 bits per heavy atom. The van der Waals surface area contributed by atoms with Gasteiger partial charge in [0.15, 0.2) is 11.5 Å². The quantitative estimate of drug-likeness (QED) is 0.751. The lowest BCUT2D eigenvalue weighted by atomic mass is 10.2. The third-order valence-corrected chi connectivity index (χ3v) is 2.81. The summed E-state index contributed by atoms with van der Waals surface area (Å²) < 4.78 is 10.7. The second kappa shape index (κ2) is 7.62. The van der Waals surface area contributed by atoms with Gasteiger partial charge in [-0.2, -0.15) is 0 Å². The Balaban J connectivity index is 2.69. The van der Waals surface area contributed by atoms with Gasteiger partial charge >= 0.3 is 0 Å². The van der Waals surface area contributed by atoms with Crippen LogP contribution >= 0.6 is 0 Å². The number of ether oxygens (including phenoxy) is 2. The van der Waals surface area contributed by atoms with Gasteiger partial charge in [-0.15, -0.1) is 6.42 Å². The van der Waals surface area contributed by atoms with Crippen LogP contribution in [0.5, 0.6) is 11.5 Å². The maximum Gasteiger partial charge on any atom is 0.162 e. The molecule has 3 heteroatoms. The molecule has 0 aliphatic rings. The number of benzene rings is 1. The lowest BCUT2D eigenvalue weighted by molar-refractivity contribution is 0.330. The highest BCUT2D eigenvalue weighted by atomic mass is 16.5. The minimum Gasteiger partial charge on any atom is -0.493 e. The molecule has 0 spiro atoms. The average molecular weight is 247 g/mol. The first-order chi connectivity index (χ1) is 8.71. The average Bonchev–Trinajstić information content (AvgIpc) is 2.42. The zero-order valence-electron chi connectivity index (χ0n) is 11.3. The molecule has 1 rings (SSSR count). The standard InChI is InChI=1S/C15H21NO2/c1-5-9-18-14-8-7-13(10-15(14)17-4)11-16-12(3)6-2/h1,7-8,10,12,16H,6,9,11H2,2-4H3/t12-/m1/s1. The van der Waals surface area contributed by atoms with E-state index in [4.69, 9.17) is 15.9 Å². The zero-order valence-corrected chi connectivity index (χ0v) is 11.3. The molecule has 1 aromatic carbocycles. The maximum atomic E-state index is 5.40. The Morgan fingerprint density at radius 3 is 2.78 bits per heavy atom. The molecule has 1 aromatic rings. The largest absolute Gasteiger partial charge is 0.493 e. The predicted octanol–water partition coefficient (Wildman–Crippen LogP) is 2.60. The van der Waals surface area contributed by atoms with E-state index >= 15 is 0 Å². The summed E-state index contributed by atoms with van der Waals surface area (Å²) in [5, 5.41) is 3.43. The third kappa shape index (κ3) is 4.31. The van der Waals surface area contributed by atoms with Crippen molar-refractivity contribution in [3.8, 4) is 23.8 Å². The topological polar surface area (TPSA) is 30.5 Å². The molecule has 0 unspecified atom stereocenters. The molecule has 0 bridgehead atoms. The molecule has 98 valence electrons. The molecule has 0 amide bonds. The van der Waals surface area contributed by atoms with Crippen LogP contribution in [0.2, 0.25) is 0 Å². The second-order valence-electron chi connectivity index (χ2n) is 4.17. The first-order valence-corrected chi connectivity index (χ1v) is 6.17. The number of hydrogen-bond acceptors (Lipinski definition) is 3. The van der Waals surface area contributed by atoms with Crippen molar-refractivity contribution < 1.29 is 9.47 Å². The zero-order chi connectivity index (χ0) is 13.4. The number of hydrogen-bond donors (Lipinski definition) is 1. The SMILES string of the molecule is C#CCOc1ccc(CN[C@H](C)CC)cc1OC. The van der Waals surface area contributed by atoms with Crippen LogP contribution in [0, 0.1) is 12.3 Å². The Labute approximate surface area is 109 Å². The van der Waals surface area contributed by atoms with Crippen LogP contribution in [0.1, 0.15) is 25.8 Å². The summed E-state index contributed by atoms with van der Waals surface area (Å²) >= 11 is 0. The summed E-state index contributed by atoms with van der Waals surface area (Å²) in [7, 11) is 1.63. The van der Waals surface area contributed by atoms with Crippen LogP contribution in [0.15, 0.2) is 18.2 Å². The molecule has 18 heavy (non-hydrogen) atoms. The molecule has 0 heterocycles. The highest BCUT2D eigenvalue weighted by molar-refractivity contribution is 5.43. The van der Waals surface area contributed by atoms with Crippen molar-refractivity contribution >= 4 is 0 Å². The van der Waals surface area contributed by atoms with Crippen molar-refractivity contribution in [2.45, 2.75) is 32.9 Å². The summed E-state index contributed by atoms with van der Waals surface area (Å²) in [5.41, 5.74) is 1.17. The van der Waals surface area contributed by atoms with Crippen molar-refractivity contribution in [1.29, 1.82) is 0 Å². The fourth-order valence-corrected chi connectivity index (χ4v) is 1.50. The fourth-order valence-electron chi connectivity index (χ4n) is 1.50. The highest BCUT2D eigenvalue weighted by Crippen LogP contribution is 2.27. The summed E-state index contributed by atoms with van der Waals surface area (Å²) in [5.74, 6) is 3.84. The van der Waals surface area contributed by atoms with Crippen LogP contribution in [0.4, 0.5) is 0 Å². The molecular formula is C15H21NO2. The van der Waals surface area contributed by atoms with Gasteiger partial charge < -0.3 is 14.8 Å². The first kappa shape index (κ1) is 14.4. The van der Waals surface area contributed by atoms with Gasteiger partial charge in [0.2, 0.25) is 0 Å². The molecule has 0 radical (unpaired) electrons. The summed E-state index contributed by atoms with van der Waals surface area (Å²) in [6.07, 6.45) is 6.28. The third-order valence-electron chi connectivity index (χ3n) is 2.81. The Morgan fingerprint density at radius 1 is 1.39 bits per heavy atom. The van der Waals surface area contributed by atoms with Gasteiger partial charge in [-0.25, -0.2) is 0 Å². The van der Waals surface area contributed by atoms with Crippen LogP contribution in [0.3, 0.4) is 0 Å². The van der Waals surface area contributed by atoms with Crippen molar-refractivity contribution in [3.63, 3.8) is 0 Å². The van der Waals surface area contributed by atoms with Gasteiger partial charge in [0, 0.05) is 12.6 Å². The van der Waals surface area contributed by atoms with E-state index in [2.05, 4.69) is 25.1 Å². The molecule has 0 aliphatic carbocycles. The van der Waals surface area contributed by atoms with Crippen molar-refractivity contribution in [3.05, 3.63) is 23.8 Å². The fraction of sp³-hybridized carbons (Fsp3) is 0.467. The lowest BCUT2D eigenvalue weighted by Gasteiger charge is -2.13. The highest BCUT2D eigenvalue weighted by Gasteiger charge is 2.06. The smallest absolute Gasteiger partial charge is 0.162 e. The maximum absolute atomic E-state index is 5.40. The van der Waals surface area contributed by atoms with Gasteiger partial charge in [0.05, 0.1) is 7.11 Å². The first-order valence-electron chi connectivity index (χ1n) is 6.17. The minimum absolute atomic E-state index is 0.251. The molecule has 0 aromatic heterocycles. The van der Waals surface area contributed by atoms with Crippen LogP contribution in [0.25, 0.3) is 0 Å².